The molecule has 28 heavy (non-hydrogen) atoms. The molecule has 1 N–H and O–H groups in total. The minimum absolute atomic E-state index is 0.0279. The van der Waals surface area contributed by atoms with Crippen molar-refractivity contribution >= 4 is 23.4 Å². The Morgan fingerprint density at radius 1 is 1.11 bits per heavy atom. The summed E-state index contributed by atoms with van der Waals surface area (Å²) >= 11 is 5.99. The van der Waals surface area contributed by atoms with Gasteiger partial charge in [0.15, 0.2) is 0 Å². The van der Waals surface area contributed by atoms with Gasteiger partial charge in [0.1, 0.15) is 0 Å². The Labute approximate surface area is 171 Å². The number of amides is 2. The van der Waals surface area contributed by atoms with Gasteiger partial charge in [0.2, 0.25) is 0 Å². The van der Waals surface area contributed by atoms with E-state index < -0.39 is 0 Å². The maximum absolute atomic E-state index is 13.0. The van der Waals surface area contributed by atoms with E-state index in [9.17, 15) is 9.59 Å². The van der Waals surface area contributed by atoms with Gasteiger partial charge >= 0.3 is 0 Å². The number of carbonyl (C=O) groups excluding carboxylic acids is 2. The lowest BCUT2D eigenvalue weighted by Gasteiger charge is -2.35. The van der Waals surface area contributed by atoms with E-state index >= 15 is 0 Å². The number of carbonyl (C=O) groups is 2. The molecule has 0 radical (unpaired) electrons. The molecular formula is C23H27ClN2O2. The highest BCUT2D eigenvalue weighted by atomic mass is 35.5. The van der Waals surface area contributed by atoms with E-state index in [1.807, 2.05) is 29.2 Å². The Bertz CT molecular complexity index is 837. The lowest BCUT2D eigenvalue weighted by atomic mass is 9.98. The standard InChI is InChI=1S/C23H27ClN2O2/c1-2-21-11-3-4-14-26(21)23(28)19-9-6-8-18(16-19)22(27)25-13-12-17-7-5-10-20(24)15-17/h5-10,15-16,21H,2-4,11-14H2,1H3,(H,25,27). The molecule has 4 nitrogen and oxygen atoms in total. The number of nitrogens with zero attached hydrogens (tertiary/aromatic N) is 1. The second-order valence-corrected chi connectivity index (χ2v) is 7.71. The van der Waals surface area contributed by atoms with Crippen molar-refractivity contribution in [3.05, 3.63) is 70.2 Å². The van der Waals surface area contributed by atoms with Gasteiger partial charge in [0.25, 0.3) is 11.8 Å². The van der Waals surface area contributed by atoms with Crippen LogP contribution in [0.3, 0.4) is 0 Å². The Morgan fingerprint density at radius 2 is 1.89 bits per heavy atom. The molecule has 0 bridgehead atoms. The number of piperidine rings is 1. The minimum atomic E-state index is -0.164. The predicted molar refractivity (Wildman–Crippen MR) is 113 cm³/mol. The molecule has 1 aliphatic heterocycles. The molecule has 2 aromatic rings. The molecular weight excluding hydrogens is 372 g/mol. The molecule has 1 saturated heterocycles. The predicted octanol–water partition coefficient (Wildman–Crippen LogP) is 4.72. The highest BCUT2D eigenvalue weighted by molar-refractivity contribution is 6.30. The number of hydrogen-bond donors (Lipinski definition) is 1. The summed E-state index contributed by atoms with van der Waals surface area (Å²) in [7, 11) is 0. The summed E-state index contributed by atoms with van der Waals surface area (Å²) in [4.78, 5) is 27.4. The van der Waals surface area contributed by atoms with E-state index in [-0.39, 0.29) is 11.8 Å². The van der Waals surface area contributed by atoms with Crippen LogP contribution in [0.5, 0.6) is 0 Å². The molecule has 2 amide bonds. The van der Waals surface area contributed by atoms with Crippen LogP contribution in [0.1, 0.15) is 58.9 Å². The third-order valence-corrected chi connectivity index (χ3v) is 5.55. The normalized spacial score (nSPS) is 16.6. The first-order valence-electron chi connectivity index (χ1n) is 10.0. The van der Waals surface area contributed by atoms with Crippen LogP contribution in [-0.4, -0.2) is 35.8 Å². The quantitative estimate of drug-likeness (QED) is 0.765. The average Bonchev–Trinajstić information content (AvgIpc) is 2.73. The highest BCUT2D eigenvalue weighted by Crippen LogP contribution is 2.22. The number of benzene rings is 2. The van der Waals surface area contributed by atoms with Crippen LogP contribution < -0.4 is 5.32 Å². The van der Waals surface area contributed by atoms with Crippen LogP contribution in [-0.2, 0) is 6.42 Å². The first-order chi connectivity index (χ1) is 13.6. The molecule has 1 atom stereocenters. The maximum Gasteiger partial charge on any atom is 0.254 e. The Balaban J connectivity index is 1.61. The number of nitrogens with one attached hydrogen (secondary N) is 1. The van der Waals surface area contributed by atoms with Crippen molar-refractivity contribution in [1.29, 1.82) is 0 Å². The molecule has 0 aromatic heterocycles. The van der Waals surface area contributed by atoms with Crippen molar-refractivity contribution in [3.8, 4) is 0 Å². The van der Waals surface area contributed by atoms with Gasteiger partial charge in [-0.15, -0.1) is 0 Å². The first kappa shape index (κ1) is 20.4. The van der Waals surface area contributed by atoms with Crippen LogP contribution in [0.25, 0.3) is 0 Å². The fraction of sp³-hybridized carbons (Fsp3) is 0.391. The van der Waals surface area contributed by atoms with Gasteiger partial charge in [0, 0.05) is 35.3 Å². The summed E-state index contributed by atoms with van der Waals surface area (Å²) in [5.74, 6) is -0.137. The van der Waals surface area contributed by atoms with Crippen molar-refractivity contribution < 1.29 is 9.59 Å². The largest absolute Gasteiger partial charge is 0.352 e. The molecule has 1 fully saturated rings. The van der Waals surface area contributed by atoms with Crippen LogP contribution in [0.4, 0.5) is 0 Å². The molecule has 5 heteroatoms. The SMILES string of the molecule is CCC1CCCCN1C(=O)c1cccc(C(=O)NCCc2cccc(Cl)c2)c1. The van der Waals surface area contributed by atoms with E-state index in [0.717, 1.165) is 31.4 Å². The van der Waals surface area contributed by atoms with Gasteiger partial charge in [-0.1, -0.05) is 36.7 Å². The molecule has 0 spiro atoms. The van der Waals surface area contributed by atoms with Gasteiger partial charge < -0.3 is 10.2 Å². The fourth-order valence-electron chi connectivity index (χ4n) is 3.77. The van der Waals surface area contributed by atoms with Gasteiger partial charge in [0.05, 0.1) is 0 Å². The van der Waals surface area contributed by atoms with E-state index in [1.54, 1.807) is 24.3 Å². The average molecular weight is 399 g/mol. The van der Waals surface area contributed by atoms with Crippen LogP contribution >= 0.6 is 11.6 Å². The van der Waals surface area contributed by atoms with Gasteiger partial charge in [-0.2, -0.15) is 0 Å². The van der Waals surface area contributed by atoms with Gasteiger partial charge in [-0.05, 0) is 68.0 Å². The third-order valence-electron chi connectivity index (χ3n) is 5.32. The summed E-state index contributed by atoms with van der Waals surface area (Å²) in [6.07, 6.45) is 4.96. The first-order valence-corrected chi connectivity index (χ1v) is 10.4. The molecule has 1 heterocycles. The topological polar surface area (TPSA) is 49.4 Å². The molecule has 1 unspecified atom stereocenters. The zero-order valence-electron chi connectivity index (χ0n) is 16.3. The summed E-state index contributed by atoms with van der Waals surface area (Å²) in [6, 6.07) is 15.0. The molecule has 0 saturated carbocycles. The van der Waals surface area contributed by atoms with Crippen molar-refractivity contribution in [2.45, 2.75) is 45.1 Å². The Morgan fingerprint density at radius 3 is 2.68 bits per heavy atom. The highest BCUT2D eigenvalue weighted by Gasteiger charge is 2.26. The summed E-state index contributed by atoms with van der Waals surface area (Å²) < 4.78 is 0. The second kappa shape index (κ2) is 9.74. The fourth-order valence-corrected chi connectivity index (χ4v) is 3.98. The van der Waals surface area contributed by atoms with Crippen molar-refractivity contribution in [3.63, 3.8) is 0 Å². The minimum Gasteiger partial charge on any atom is -0.352 e. The van der Waals surface area contributed by atoms with Crippen molar-refractivity contribution in [2.75, 3.05) is 13.1 Å². The van der Waals surface area contributed by atoms with E-state index in [4.69, 9.17) is 11.6 Å². The summed E-state index contributed by atoms with van der Waals surface area (Å²) in [5, 5.41) is 3.62. The molecule has 3 rings (SSSR count). The summed E-state index contributed by atoms with van der Waals surface area (Å²) in [6.45, 7) is 3.44. The number of rotatable bonds is 6. The molecule has 2 aromatic carbocycles. The molecule has 1 aliphatic rings. The lowest BCUT2D eigenvalue weighted by Crippen LogP contribution is -2.43. The van der Waals surface area contributed by atoms with Crippen LogP contribution in [0.2, 0.25) is 5.02 Å². The van der Waals surface area contributed by atoms with Crippen molar-refractivity contribution in [1.82, 2.24) is 10.2 Å². The zero-order chi connectivity index (χ0) is 19.9. The van der Waals surface area contributed by atoms with Crippen LogP contribution in [0, 0.1) is 0 Å². The maximum atomic E-state index is 13.0. The zero-order valence-corrected chi connectivity index (χ0v) is 17.0. The van der Waals surface area contributed by atoms with E-state index in [1.165, 1.54) is 6.42 Å². The van der Waals surface area contributed by atoms with Crippen LogP contribution in [0.15, 0.2) is 48.5 Å². The smallest absolute Gasteiger partial charge is 0.254 e. The Hall–Kier alpha value is -2.33. The third kappa shape index (κ3) is 5.14. The lowest BCUT2D eigenvalue weighted by molar-refractivity contribution is 0.0608. The van der Waals surface area contributed by atoms with E-state index in [0.29, 0.717) is 35.2 Å². The summed E-state index contributed by atoms with van der Waals surface area (Å²) in [5.41, 5.74) is 2.18. The van der Waals surface area contributed by atoms with Crippen molar-refractivity contribution in [2.24, 2.45) is 0 Å². The number of hydrogen-bond acceptors (Lipinski definition) is 2. The molecule has 0 aliphatic carbocycles. The van der Waals surface area contributed by atoms with E-state index in [2.05, 4.69) is 12.2 Å². The monoisotopic (exact) mass is 398 g/mol. The van der Waals surface area contributed by atoms with Gasteiger partial charge in [-0.3, -0.25) is 9.59 Å². The molecule has 148 valence electrons. The Kier molecular flexibility index (Phi) is 7.10. The van der Waals surface area contributed by atoms with Gasteiger partial charge in [-0.25, -0.2) is 0 Å². The number of likely N-dealkylation sites (tertiary alicyclic amines) is 1. The number of halogens is 1. The second-order valence-electron chi connectivity index (χ2n) is 7.27.